The van der Waals surface area contributed by atoms with E-state index >= 15 is 0 Å². The van der Waals surface area contributed by atoms with Crippen molar-refractivity contribution in [2.24, 2.45) is 0 Å². The van der Waals surface area contributed by atoms with Crippen molar-refractivity contribution in [2.75, 3.05) is 19.0 Å². The molecule has 1 aliphatic heterocycles. The molecule has 35 heavy (non-hydrogen) atoms. The molecule has 1 saturated heterocycles. The van der Waals surface area contributed by atoms with E-state index < -0.39 is 5.25 Å². The predicted molar refractivity (Wildman–Crippen MR) is 142 cm³/mol. The first-order chi connectivity index (χ1) is 17.1. The number of carbonyl (C=O) groups is 1. The highest BCUT2D eigenvalue weighted by Gasteiger charge is 2.26. The van der Waals surface area contributed by atoms with Crippen molar-refractivity contribution < 1.29 is 14.3 Å². The Morgan fingerprint density at radius 1 is 1.31 bits per heavy atom. The molecule has 7 nitrogen and oxygen atoms in total. The first kappa shape index (κ1) is 23.8. The van der Waals surface area contributed by atoms with Gasteiger partial charge in [-0.1, -0.05) is 43.0 Å². The van der Waals surface area contributed by atoms with Crippen molar-refractivity contribution in [3.63, 3.8) is 0 Å². The van der Waals surface area contributed by atoms with Gasteiger partial charge in [-0.3, -0.25) is 14.2 Å². The Morgan fingerprint density at radius 2 is 2.17 bits per heavy atom. The lowest BCUT2D eigenvalue weighted by Gasteiger charge is -2.19. The Hall–Kier alpha value is -2.88. The summed E-state index contributed by atoms with van der Waals surface area (Å²) in [6, 6.07) is 15.2. The van der Waals surface area contributed by atoms with Crippen molar-refractivity contribution in [1.82, 2.24) is 9.55 Å². The summed E-state index contributed by atoms with van der Waals surface area (Å²) in [6.45, 7) is 3.11. The normalized spacial score (nSPS) is 16.6. The third-order valence-electron chi connectivity index (χ3n) is 6.11. The number of hydrogen-bond acceptors (Lipinski definition) is 7. The van der Waals surface area contributed by atoms with Crippen LogP contribution in [-0.4, -0.2) is 40.5 Å². The maximum absolute atomic E-state index is 13.7. The highest BCUT2D eigenvalue weighted by atomic mass is 32.2. The summed E-state index contributed by atoms with van der Waals surface area (Å²) >= 11 is 2.80. The van der Waals surface area contributed by atoms with Crippen LogP contribution in [0.2, 0.25) is 0 Å². The monoisotopic (exact) mass is 509 g/mol. The molecular weight excluding hydrogens is 482 g/mol. The maximum Gasteiger partial charge on any atom is 0.272 e. The Balaban J connectivity index is 1.51. The summed E-state index contributed by atoms with van der Waals surface area (Å²) in [7, 11) is 1.59. The second kappa shape index (κ2) is 10.4. The lowest BCUT2D eigenvalue weighted by molar-refractivity contribution is -0.115. The van der Waals surface area contributed by atoms with Crippen LogP contribution < -0.4 is 15.6 Å². The number of nitrogens with zero attached hydrogens (tertiary/aromatic N) is 2. The van der Waals surface area contributed by atoms with E-state index in [9.17, 15) is 9.59 Å². The number of methoxy groups -OCH3 is 1. The molecule has 5 rings (SSSR count). The minimum atomic E-state index is -0.425. The van der Waals surface area contributed by atoms with Crippen LogP contribution in [0, 0.1) is 0 Å². The van der Waals surface area contributed by atoms with Gasteiger partial charge in [0.1, 0.15) is 10.4 Å². The van der Waals surface area contributed by atoms with Crippen molar-refractivity contribution in [2.45, 2.75) is 49.2 Å². The van der Waals surface area contributed by atoms with E-state index in [-0.39, 0.29) is 17.6 Å². The first-order valence-corrected chi connectivity index (χ1v) is 13.4. The molecule has 0 aliphatic carbocycles. The highest BCUT2D eigenvalue weighted by Crippen LogP contribution is 2.34. The molecule has 3 heterocycles. The number of amides is 1. The lowest BCUT2D eigenvalue weighted by Crippen LogP contribution is -2.30. The van der Waals surface area contributed by atoms with E-state index in [4.69, 9.17) is 14.5 Å². The van der Waals surface area contributed by atoms with E-state index in [2.05, 4.69) is 5.32 Å². The summed E-state index contributed by atoms with van der Waals surface area (Å²) < 4.78 is 14.5. The van der Waals surface area contributed by atoms with Gasteiger partial charge in [-0.25, -0.2) is 4.98 Å². The van der Waals surface area contributed by atoms with Crippen molar-refractivity contribution in [1.29, 1.82) is 0 Å². The summed E-state index contributed by atoms with van der Waals surface area (Å²) in [5.74, 6) is 0.532. The van der Waals surface area contributed by atoms with Crippen LogP contribution in [0.3, 0.4) is 0 Å². The molecule has 0 bridgehead atoms. The van der Waals surface area contributed by atoms with Gasteiger partial charge >= 0.3 is 0 Å². The molecule has 1 amide bonds. The van der Waals surface area contributed by atoms with Gasteiger partial charge in [-0.2, -0.15) is 0 Å². The van der Waals surface area contributed by atoms with Crippen LogP contribution in [0.25, 0.3) is 20.3 Å². The molecule has 2 aromatic carbocycles. The molecule has 2 aromatic heterocycles. The largest absolute Gasteiger partial charge is 0.497 e. The third-order valence-corrected chi connectivity index (χ3v) is 8.61. The van der Waals surface area contributed by atoms with Crippen LogP contribution in [0.1, 0.15) is 26.2 Å². The second-order valence-electron chi connectivity index (χ2n) is 8.46. The quantitative estimate of drug-likeness (QED) is 0.256. The smallest absolute Gasteiger partial charge is 0.272 e. The molecule has 1 N–H and O–H groups in total. The van der Waals surface area contributed by atoms with Crippen LogP contribution in [0.4, 0.5) is 5.69 Å². The lowest BCUT2D eigenvalue weighted by atomic mass is 10.2. The maximum atomic E-state index is 13.7. The summed E-state index contributed by atoms with van der Waals surface area (Å²) in [6.07, 6.45) is 2.46. The minimum absolute atomic E-state index is 0.0219. The topological polar surface area (TPSA) is 82.5 Å². The zero-order valence-electron chi connectivity index (χ0n) is 19.7. The van der Waals surface area contributed by atoms with Gasteiger partial charge in [0.2, 0.25) is 5.91 Å². The molecule has 1 fully saturated rings. The fourth-order valence-corrected chi connectivity index (χ4v) is 6.38. The fraction of sp³-hybridized carbons (Fsp3) is 0.346. The van der Waals surface area contributed by atoms with Crippen LogP contribution in [0.15, 0.2) is 58.5 Å². The van der Waals surface area contributed by atoms with Crippen LogP contribution in [-0.2, 0) is 16.1 Å². The van der Waals surface area contributed by atoms with Gasteiger partial charge in [-0.15, -0.1) is 11.3 Å². The van der Waals surface area contributed by atoms with Gasteiger partial charge in [0.25, 0.3) is 5.56 Å². The Labute approximate surface area is 211 Å². The van der Waals surface area contributed by atoms with E-state index in [0.29, 0.717) is 46.4 Å². The van der Waals surface area contributed by atoms with E-state index in [1.807, 2.05) is 49.4 Å². The molecule has 4 aromatic rings. The number of hydrogen-bond donors (Lipinski definition) is 1. The number of anilines is 1. The van der Waals surface area contributed by atoms with Crippen LogP contribution in [0.5, 0.6) is 5.75 Å². The fourth-order valence-electron chi connectivity index (χ4n) is 4.27. The zero-order valence-corrected chi connectivity index (χ0v) is 21.3. The predicted octanol–water partition coefficient (Wildman–Crippen LogP) is 5.31. The van der Waals surface area contributed by atoms with Crippen molar-refractivity contribution in [3.05, 3.63) is 58.9 Å². The summed E-state index contributed by atoms with van der Waals surface area (Å²) in [4.78, 5) is 31.8. The second-order valence-corrected chi connectivity index (χ2v) is 10.7. The van der Waals surface area contributed by atoms with Crippen LogP contribution >= 0.6 is 23.1 Å². The number of rotatable bonds is 8. The van der Waals surface area contributed by atoms with Crippen molar-refractivity contribution in [3.8, 4) is 5.75 Å². The van der Waals surface area contributed by atoms with E-state index in [1.165, 1.54) is 23.1 Å². The number of fused-ring (bicyclic) bond motifs is 3. The zero-order chi connectivity index (χ0) is 24.4. The molecule has 0 saturated carbocycles. The first-order valence-electron chi connectivity index (χ1n) is 11.7. The van der Waals surface area contributed by atoms with Crippen molar-refractivity contribution >= 4 is 55.0 Å². The molecule has 182 valence electrons. The number of aromatic nitrogens is 2. The van der Waals surface area contributed by atoms with E-state index in [1.54, 1.807) is 17.7 Å². The Kier molecular flexibility index (Phi) is 7.08. The standard InChI is InChI=1S/C26H27N3O4S2/c1-3-20(24(30)27-16-8-6-9-17(14-16)32-2)35-26-28-22-19-11-4-5-12-21(19)34-23(22)25(31)29(26)15-18-10-7-13-33-18/h4-6,8-9,11-12,14,18,20H,3,7,10,13,15H2,1-2H3,(H,27,30)/t18-,20-/m0/s1. The van der Waals surface area contributed by atoms with Gasteiger partial charge in [0, 0.05) is 28.4 Å². The average Bonchev–Trinajstić information content (AvgIpc) is 3.52. The summed E-state index contributed by atoms with van der Waals surface area (Å²) in [5.41, 5.74) is 1.29. The molecule has 1 aliphatic rings. The van der Waals surface area contributed by atoms with Gasteiger partial charge in [0.05, 0.1) is 30.5 Å². The average molecular weight is 510 g/mol. The number of benzene rings is 2. The number of nitrogens with one attached hydrogen (secondary N) is 1. The SMILES string of the molecule is CC[C@H](Sc1nc2c(sc3ccccc32)c(=O)n1C[C@@H]1CCCO1)C(=O)Nc1cccc(OC)c1. The van der Waals surface area contributed by atoms with Gasteiger partial charge in [0.15, 0.2) is 5.16 Å². The molecule has 9 heteroatoms. The molecule has 2 atom stereocenters. The Bertz CT molecular complexity index is 1430. The number of carbonyl (C=O) groups excluding carboxylic acids is 1. The van der Waals surface area contributed by atoms with E-state index in [0.717, 1.165) is 22.9 Å². The number of ether oxygens (including phenoxy) is 2. The minimum Gasteiger partial charge on any atom is -0.497 e. The molecular formula is C26H27N3O4S2. The molecule has 0 radical (unpaired) electrons. The molecule has 0 spiro atoms. The van der Waals surface area contributed by atoms with Gasteiger partial charge in [-0.05, 0) is 37.5 Å². The van der Waals surface area contributed by atoms with Gasteiger partial charge < -0.3 is 14.8 Å². The third kappa shape index (κ3) is 4.94. The number of thioether (sulfide) groups is 1. The molecule has 0 unspecified atom stereocenters. The number of thiophene rings is 1. The Morgan fingerprint density at radius 3 is 2.94 bits per heavy atom. The summed E-state index contributed by atoms with van der Waals surface area (Å²) in [5, 5.41) is 4.07. The highest BCUT2D eigenvalue weighted by molar-refractivity contribution is 8.00.